The van der Waals surface area contributed by atoms with Gasteiger partial charge in [-0.2, -0.15) is 0 Å². The molecule has 0 saturated heterocycles. The van der Waals surface area contributed by atoms with Crippen molar-refractivity contribution in [1.82, 2.24) is 5.32 Å². The van der Waals surface area contributed by atoms with Crippen LogP contribution in [0.25, 0.3) is 10.1 Å². The topological polar surface area (TPSA) is 21.3 Å². The molecular weight excluding hydrogens is 278 g/mol. The van der Waals surface area contributed by atoms with Crippen molar-refractivity contribution >= 4 is 21.4 Å². The predicted molar refractivity (Wildman–Crippen MR) is 93.2 cm³/mol. The second-order valence-corrected chi connectivity index (χ2v) is 7.63. The van der Waals surface area contributed by atoms with E-state index in [1.807, 2.05) is 11.3 Å². The van der Waals surface area contributed by atoms with E-state index in [2.05, 4.69) is 55.7 Å². The highest BCUT2D eigenvalue weighted by molar-refractivity contribution is 7.17. The van der Waals surface area contributed by atoms with Crippen LogP contribution in [0.2, 0.25) is 0 Å². The highest BCUT2D eigenvalue weighted by atomic mass is 32.1. The number of hydrogen-bond donors (Lipinski definition) is 1. The lowest BCUT2D eigenvalue weighted by atomic mass is 9.77. The summed E-state index contributed by atoms with van der Waals surface area (Å²) in [5.74, 6) is 0.618. The van der Waals surface area contributed by atoms with Crippen LogP contribution in [0.15, 0.2) is 29.6 Å². The van der Waals surface area contributed by atoms with Crippen molar-refractivity contribution in [2.24, 2.45) is 11.3 Å². The fourth-order valence-corrected chi connectivity index (χ4v) is 3.57. The standard InChI is InChI=1S/C18H27NOS/c1-18(2,3)15(12-19-9-10-20-4)11-14-13-21-17-8-6-5-7-16(14)17/h5-8,13,15,19H,9-12H2,1-4H3. The van der Waals surface area contributed by atoms with E-state index in [0.717, 1.165) is 26.1 Å². The van der Waals surface area contributed by atoms with Crippen LogP contribution in [0.4, 0.5) is 0 Å². The van der Waals surface area contributed by atoms with Crippen molar-refractivity contribution in [3.63, 3.8) is 0 Å². The first-order chi connectivity index (χ1) is 10.0. The van der Waals surface area contributed by atoms with Crippen molar-refractivity contribution in [2.75, 3.05) is 26.8 Å². The third-order valence-electron chi connectivity index (χ3n) is 4.13. The normalized spacial score (nSPS) is 13.7. The van der Waals surface area contributed by atoms with E-state index in [1.54, 1.807) is 7.11 Å². The van der Waals surface area contributed by atoms with Gasteiger partial charge in [-0.3, -0.25) is 0 Å². The molecule has 0 aliphatic heterocycles. The first-order valence-electron chi connectivity index (χ1n) is 7.67. The Kier molecular flexibility index (Phi) is 5.80. The van der Waals surface area contributed by atoms with Gasteiger partial charge in [0.1, 0.15) is 0 Å². The molecule has 1 N–H and O–H groups in total. The molecule has 0 amide bonds. The van der Waals surface area contributed by atoms with Crippen LogP contribution in [0.3, 0.4) is 0 Å². The molecule has 0 radical (unpaired) electrons. The van der Waals surface area contributed by atoms with Gasteiger partial charge in [0, 0.05) is 18.4 Å². The Morgan fingerprint density at radius 1 is 1.24 bits per heavy atom. The van der Waals surface area contributed by atoms with Crippen molar-refractivity contribution in [3.05, 3.63) is 35.2 Å². The highest BCUT2D eigenvalue weighted by Gasteiger charge is 2.25. The van der Waals surface area contributed by atoms with Gasteiger partial charge in [-0.15, -0.1) is 11.3 Å². The van der Waals surface area contributed by atoms with Gasteiger partial charge in [-0.25, -0.2) is 0 Å². The maximum Gasteiger partial charge on any atom is 0.0587 e. The number of methoxy groups -OCH3 is 1. The van der Waals surface area contributed by atoms with Crippen LogP contribution in [-0.4, -0.2) is 26.8 Å². The second kappa shape index (κ2) is 7.39. The molecule has 0 fully saturated rings. The Labute approximate surface area is 132 Å². The zero-order chi connectivity index (χ0) is 15.3. The number of thiophene rings is 1. The van der Waals surface area contributed by atoms with Crippen molar-refractivity contribution in [1.29, 1.82) is 0 Å². The summed E-state index contributed by atoms with van der Waals surface area (Å²) in [6, 6.07) is 8.73. The summed E-state index contributed by atoms with van der Waals surface area (Å²) in [6.45, 7) is 9.75. The third-order valence-corrected chi connectivity index (χ3v) is 5.14. The number of hydrogen-bond acceptors (Lipinski definition) is 3. The molecule has 0 spiro atoms. The smallest absolute Gasteiger partial charge is 0.0587 e. The lowest BCUT2D eigenvalue weighted by Crippen LogP contribution is -2.34. The van der Waals surface area contributed by atoms with E-state index in [9.17, 15) is 0 Å². The molecule has 1 heterocycles. The van der Waals surface area contributed by atoms with E-state index in [0.29, 0.717) is 11.3 Å². The van der Waals surface area contributed by atoms with Gasteiger partial charge < -0.3 is 10.1 Å². The molecular formula is C18H27NOS. The molecule has 0 bridgehead atoms. The summed E-state index contributed by atoms with van der Waals surface area (Å²) in [4.78, 5) is 0. The molecule has 2 rings (SSSR count). The Hall–Kier alpha value is -0.900. The Morgan fingerprint density at radius 3 is 2.71 bits per heavy atom. The van der Waals surface area contributed by atoms with Crippen molar-refractivity contribution < 1.29 is 4.74 Å². The average molecular weight is 305 g/mol. The van der Waals surface area contributed by atoms with Gasteiger partial charge in [-0.05, 0) is 46.7 Å². The van der Waals surface area contributed by atoms with Crippen LogP contribution in [0.5, 0.6) is 0 Å². The maximum absolute atomic E-state index is 5.11. The summed E-state index contributed by atoms with van der Waals surface area (Å²) in [7, 11) is 1.75. The third kappa shape index (κ3) is 4.53. The van der Waals surface area contributed by atoms with Crippen LogP contribution >= 0.6 is 11.3 Å². The molecule has 1 aromatic carbocycles. The lowest BCUT2D eigenvalue weighted by Gasteiger charge is -2.31. The Morgan fingerprint density at radius 2 is 2.00 bits per heavy atom. The fourth-order valence-electron chi connectivity index (χ4n) is 2.59. The van der Waals surface area contributed by atoms with Gasteiger partial charge in [0.05, 0.1) is 6.61 Å². The summed E-state index contributed by atoms with van der Waals surface area (Å²) in [5, 5.41) is 7.29. The Bertz CT molecular complexity index is 556. The average Bonchev–Trinajstić information content (AvgIpc) is 2.84. The summed E-state index contributed by atoms with van der Waals surface area (Å²) in [6.07, 6.45) is 1.13. The SMILES string of the molecule is COCCNCC(Cc1csc2ccccc12)C(C)(C)C. The van der Waals surface area contributed by atoms with Crippen LogP contribution in [-0.2, 0) is 11.2 Å². The maximum atomic E-state index is 5.11. The molecule has 1 atom stereocenters. The van der Waals surface area contributed by atoms with Gasteiger partial charge in [0.15, 0.2) is 0 Å². The van der Waals surface area contributed by atoms with E-state index in [1.165, 1.54) is 15.6 Å². The van der Waals surface area contributed by atoms with Crippen LogP contribution in [0, 0.1) is 11.3 Å². The zero-order valence-electron chi connectivity index (χ0n) is 13.6. The molecule has 0 aliphatic carbocycles. The van der Waals surface area contributed by atoms with E-state index >= 15 is 0 Å². The number of rotatable bonds is 7. The lowest BCUT2D eigenvalue weighted by molar-refractivity contribution is 0.186. The second-order valence-electron chi connectivity index (χ2n) is 6.72. The molecule has 0 aliphatic rings. The predicted octanol–water partition coefficient (Wildman–Crippen LogP) is 4.34. The van der Waals surface area contributed by atoms with Crippen LogP contribution in [0.1, 0.15) is 26.3 Å². The van der Waals surface area contributed by atoms with E-state index in [-0.39, 0.29) is 0 Å². The van der Waals surface area contributed by atoms with E-state index < -0.39 is 0 Å². The largest absolute Gasteiger partial charge is 0.383 e. The van der Waals surface area contributed by atoms with Crippen molar-refractivity contribution in [2.45, 2.75) is 27.2 Å². The molecule has 1 aromatic heterocycles. The summed E-state index contributed by atoms with van der Waals surface area (Å²) in [5.41, 5.74) is 1.78. The van der Waals surface area contributed by atoms with E-state index in [4.69, 9.17) is 4.74 Å². The molecule has 116 valence electrons. The van der Waals surface area contributed by atoms with Crippen LogP contribution < -0.4 is 5.32 Å². The number of benzene rings is 1. The fraction of sp³-hybridized carbons (Fsp3) is 0.556. The van der Waals surface area contributed by atoms with Gasteiger partial charge in [-0.1, -0.05) is 39.0 Å². The first-order valence-corrected chi connectivity index (χ1v) is 8.55. The van der Waals surface area contributed by atoms with Gasteiger partial charge >= 0.3 is 0 Å². The number of fused-ring (bicyclic) bond motifs is 1. The Balaban J connectivity index is 2.07. The minimum absolute atomic E-state index is 0.295. The zero-order valence-corrected chi connectivity index (χ0v) is 14.4. The first kappa shape index (κ1) is 16.5. The monoisotopic (exact) mass is 305 g/mol. The van der Waals surface area contributed by atoms with Crippen molar-refractivity contribution in [3.8, 4) is 0 Å². The van der Waals surface area contributed by atoms with Gasteiger partial charge in [0.25, 0.3) is 0 Å². The highest BCUT2D eigenvalue weighted by Crippen LogP contribution is 2.33. The molecule has 2 aromatic rings. The number of nitrogens with one attached hydrogen (secondary N) is 1. The molecule has 1 unspecified atom stereocenters. The minimum Gasteiger partial charge on any atom is -0.383 e. The molecule has 3 heteroatoms. The molecule has 2 nitrogen and oxygen atoms in total. The quantitative estimate of drug-likeness (QED) is 0.768. The molecule has 21 heavy (non-hydrogen) atoms. The van der Waals surface area contributed by atoms with Gasteiger partial charge in [0.2, 0.25) is 0 Å². The number of ether oxygens (including phenoxy) is 1. The summed E-state index contributed by atoms with van der Waals surface area (Å²) < 4.78 is 6.51. The minimum atomic E-state index is 0.295. The summed E-state index contributed by atoms with van der Waals surface area (Å²) >= 11 is 1.86. The molecule has 0 saturated carbocycles.